The lowest BCUT2D eigenvalue weighted by atomic mass is 10.2. The Hall–Kier alpha value is -1.98. The third-order valence-electron chi connectivity index (χ3n) is 3.71. The summed E-state index contributed by atoms with van der Waals surface area (Å²) in [6.07, 6.45) is 1.41. The molecule has 0 aromatic heterocycles. The molecular formula is C18H17ClN2O2S. The Morgan fingerprint density at radius 3 is 2.67 bits per heavy atom. The first kappa shape index (κ1) is 16.9. The molecule has 0 spiro atoms. The molecule has 4 nitrogen and oxygen atoms in total. The molecule has 6 heteroatoms. The SMILES string of the molecule is O=C(CSc1ccccc1)Nc1ccc(N2CCCC2=O)c(Cl)c1. The third kappa shape index (κ3) is 4.10. The van der Waals surface area contributed by atoms with Crippen LogP contribution >= 0.6 is 23.4 Å². The number of nitrogens with one attached hydrogen (secondary N) is 1. The number of rotatable bonds is 5. The fourth-order valence-corrected chi connectivity index (χ4v) is 3.57. The van der Waals surface area contributed by atoms with Crippen molar-refractivity contribution in [3.63, 3.8) is 0 Å². The fraction of sp³-hybridized carbons (Fsp3) is 0.222. The number of carbonyl (C=O) groups excluding carboxylic acids is 2. The van der Waals surface area contributed by atoms with Crippen LogP contribution in [0.4, 0.5) is 11.4 Å². The molecule has 0 radical (unpaired) electrons. The molecule has 0 atom stereocenters. The number of carbonyl (C=O) groups is 2. The molecule has 0 unspecified atom stereocenters. The largest absolute Gasteiger partial charge is 0.325 e. The van der Waals surface area contributed by atoms with E-state index in [-0.39, 0.29) is 11.8 Å². The van der Waals surface area contributed by atoms with Crippen LogP contribution in [0, 0.1) is 0 Å². The van der Waals surface area contributed by atoms with Crippen molar-refractivity contribution in [2.24, 2.45) is 0 Å². The molecule has 0 aliphatic carbocycles. The van der Waals surface area contributed by atoms with Crippen LogP contribution in [0.1, 0.15) is 12.8 Å². The maximum atomic E-state index is 12.1. The van der Waals surface area contributed by atoms with E-state index in [1.165, 1.54) is 11.8 Å². The van der Waals surface area contributed by atoms with E-state index in [0.29, 0.717) is 35.1 Å². The van der Waals surface area contributed by atoms with Crippen molar-refractivity contribution in [2.75, 3.05) is 22.5 Å². The average Bonchev–Trinajstić information content (AvgIpc) is 3.00. The molecule has 1 aliphatic rings. The van der Waals surface area contributed by atoms with Gasteiger partial charge in [-0.1, -0.05) is 29.8 Å². The Morgan fingerprint density at radius 1 is 1.21 bits per heavy atom. The predicted octanol–water partition coefficient (Wildman–Crippen LogP) is 4.20. The van der Waals surface area contributed by atoms with Crippen LogP contribution in [0.2, 0.25) is 5.02 Å². The van der Waals surface area contributed by atoms with Crippen LogP contribution in [0.3, 0.4) is 0 Å². The van der Waals surface area contributed by atoms with E-state index < -0.39 is 0 Å². The van der Waals surface area contributed by atoms with Crippen LogP contribution in [0.15, 0.2) is 53.4 Å². The predicted molar refractivity (Wildman–Crippen MR) is 98.8 cm³/mol. The minimum Gasteiger partial charge on any atom is -0.325 e. The van der Waals surface area contributed by atoms with E-state index in [4.69, 9.17) is 11.6 Å². The molecule has 1 aliphatic heterocycles. The molecule has 1 saturated heterocycles. The lowest BCUT2D eigenvalue weighted by Gasteiger charge is -2.18. The third-order valence-corrected chi connectivity index (χ3v) is 5.02. The molecular weight excluding hydrogens is 344 g/mol. The lowest BCUT2D eigenvalue weighted by Crippen LogP contribution is -2.24. The molecule has 0 saturated carbocycles. The Morgan fingerprint density at radius 2 is 2.00 bits per heavy atom. The number of amides is 2. The van der Waals surface area contributed by atoms with Gasteiger partial charge in [-0.2, -0.15) is 0 Å². The second-order valence-electron chi connectivity index (χ2n) is 5.47. The summed E-state index contributed by atoms with van der Waals surface area (Å²) in [5, 5.41) is 3.31. The van der Waals surface area contributed by atoms with Crippen molar-refractivity contribution in [3.8, 4) is 0 Å². The van der Waals surface area contributed by atoms with Crippen LogP contribution in [0.25, 0.3) is 0 Å². The summed E-state index contributed by atoms with van der Waals surface area (Å²) in [5.41, 5.74) is 1.34. The number of halogens is 1. The lowest BCUT2D eigenvalue weighted by molar-refractivity contribution is -0.117. The van der Waals surface area contributed by atoms with Crippen molar-refractivity contribution < 1.29 is 9.59 Å². The van der Waals surface area contributed by atoms with Gasteiger partial charge in [-0.3, -0.25) is 9.59 Å². The van der Waals surface area contributed by atoms with Gasteiger partial charge in [0, 0.05) is 23.5 Å². The highest BCUT2D eigenvalue weighted by Gasteiger charge is 2.23. The summed E-state index contributed by atoms with van der Waals surface area (Å²) in [7, 11) is 0. The number of thioether (sulfide) groups is 1. The first-order valence-corrected chi connectivity index (χ1v) is 9.07. The Kier molecular flexibility index (Phi) is 5.43. The Labute approximate surface area is 150 Å². The molecule has 2 aromatic rings. The van der Waals surface area contributed by atoms with Crippen LogP contribution < -0.4 is 10.2 Å². The van der Waals surface area contributed by atoms with Gasteiger partial charge >= 0.3 is 0 Å². The topological polar surface area (TPSA) is 49.4 Å². The number of anilines is 2. The van der Waals surface area contributed by atoms with E-state index in [9.17, 15) is 9.59 Å². The monoisotopic (exact) mass is 360 g/mol. The Bertz CT molecular complexity index is 752. The summed E-state index contributed by atoms with van der Waals surface area (Å²) in [6, 6.07) is 15.0. The van der Waals surface area contributed by atoms with Crippen molar-refractivity contribution in [1.82, 2.24) is 0 Å². The van der Waals surface area contributed by atoms with Gasteiger partial charge in [0.2, 0.25) is 11.8 Å². The summed E-state index contributed by atoms with van der Waals surface area (Å²) < 4.78 is 0. The molecule has 2 aromatic carbocycles. The quantitative estimate of drug-likeness (QED) is 0.813. The average molecular weight is 361 g/mol. The smallest absolute Gasteiger partial charge is 0.234 e. The van der Waals surface area contributed by atoms with Crippen molar-refractivity contribution in [1.29, 1.82) is 0 Å². The zero-order valence-corrected chi connectivity index (χ0v) is 14.6. The van der Waals surface area contributed by atoms with Crippen LogP contribution in [-0.4, -0.2) is 24.1 Å². The van der Waals surface area contributed by atoms with Gasteiger partial charge in [-0.05, 0) is 36.8 Å². The van der Waals surface area contributed by atoms with Gasteiger partial charge in [0.05, 0.1) is 16.5 Å². The standard InChI is InChI=1S/C18H17ClN2O2S/c19-15-11-13(8-9-16(15)21-10-4-7-18(21)23)20-17(22)12-24-14-5-2-1-3-6-14/h1-3,5-6,8-9,11H,4,7,10,12H2,(H,20,22). The normalized spacial score (nSPS) is 14.0. The first-order valence-electron chi connectivity index (χ1n) is 7.71. The highest BCUT2D eigenvalue weighted by atomic mass is 35.5. The molecule has 3 rings (SSSR count). The number of nitrogens with zero attached hydrogens (tertiary/aromatic N) is 1. The van der Waals surface area contributed by atoms with Gasteiger partial charge in [0.25, 0.3) is 0 Å². The van der Waals surface area contributed by atoms with Crippen LogP contribution in [0.5, 0.6) is 0 Å². The van der Waals surface area contributed by atoms with Crippen LogP contribution in [-0.2, 0) is 9.59 Å². The van der Waals surface area contributed by atoms with E-state index >= 15 is 0 Å². The number of benzene rings is 2. The number of hydrogen-bond donors (Lipinski definition) is 1. The van der Waals surface area contributed by atoms with Gasteiger partial charge in [0.15, 0.2) is 0 Å². The molecule has 2 amide bonds. The summed E-state index contributed by atoms with van der Waals surface area (Å²) in [5.74, 6) is 0.325. The second kappa shape index (κ2) is 7.73. The summed E-state index contributed by atoms with van der Waals surface area (Å²) in [4.78, 5) is 26.6. The minimum atomic E-state index is -0.0927. The van der Waals surface area contributed by atoms with Gasteiger partial charge in [-0.25, -0.2) is 0 Å². The van der Waals surface area contributed by atoms with Gasteiger partial charge in [-0.15, -0.1) is 11.8 Å². The zero-order valence-electron chi connectivity index (χ0n) is 13.0. The molecule has 1 heterocycles. The van der Waals surface area contributed by atoms with E-state index in [1.54, 1.807) is 23.1 Å². The highest BCUT2D eigenvalue weighted by molar-refractivity contribution is 8.00. The molecule has 1 fully saturated rings. The summed E-state index contributed by atoms with van der Waals surface area (Å²) in [6.45, 7) is 0.692. The van der Waals surface area contributed by atoms with Gasteiger partial charge < -0.3 is 10.2 Å². The van der Waals surface area contributed by atoms with E-state index in [0.717, 1.165) is 11.3 Å². The van der Waals surface area contributed by atoms with Crippen molar-refractivity contribution in [2.45, 2.75) is 17.7 Å². The first-order chi connectivity index (χ1) is 11.6. The fourth-order valence-electron chi connectivity index (χ4n) is 2.57. The molecule has 1 N–H and O–H groups in total. The van der Waals surface area contributed by atoms with Crippen molar-refractivity contribution >= 4 is 46.6 Å². The van der Waals surface area contributed by atoms with E-state index in [1.807, 2.05) is 30.3 Å². The highest BCUT2D eigenvalue weighted by Crippen LogP contribution is 2.31. The maximum absolute atomic E-state index is 12.1. The molecule has 0 bridgehead atoms. The van der Waals surface area contributed by atoms with E-state index in [2.05, 4.69) is 5.32 Å². The minimum absolute atomic E-state index is 0.0907. The van der Waals surface area contributed by atoms with Gasteiger partial charge in [0.1, 0.15) is 0 Å². The second-order valence-corrected chi connectivity index (χ2v) is 6.92. The maximum Gasteiger partial charge on any atom is 0.234 e. The Balaban J connectivity index is 1.60. The molecule has 124 valence electrons. The molecule has 24 heavy (non-hydrogen) atoms. The van der Waals surface area contributed by atoms with Crippen molar-refractivity contribution in [3.05, 3.63) is 53.6 Å². The summed E-state index contributed by atoms with van der Waals surface area (Å²) >= 11 is 7.76. The zero-order chi connectivity index (χ0) is 16.9. The number of hydrogen-bond acceptors (Lipinski definition) is 3.